The fraction of sp³-hybridized carbons (Fsp3) is 0.235. The Morgan fingerprint density at radius 1 is 1.18 bits per heavy atom. The zero-order valence-corrected chi connectivity index (χ0v) is 13.3. The maximum atomic E-state index is 12.8. The van der Waals surface area contributed by atoms with Crippen molar-refractivity contribution in [2.24, 2.45) is 0 Å². The molecule has 22 heavy (non-hydrogen) atoms. The summed E-state index contributed by atoms with van der Waals surface area (Å²) in [6.07, 6.45) is 0. The van der Waals surface area contributed by atoms with Gasteiger partial charge in [-0.25, -0.2) is 4.39 Å². The van der Waals surface area contributed by atoms with Crippen molar-refractivity contribution in [3.05, 3.63) is 59.9 Å². The fourth-order valence-corrected chi connectivity index (χ4v) is 2.74. The number of hydrogen-bond acceptors (Lipinski definition) is 3. The van der Waals surface area contributed by atoms with Crippen LogP contribution in [0.3, 0.4) is 0 Å². The molecule has 1 N–H and O–H groups in total. The molecule has 0 heterocycles. The number of halogens is 1. The lowest BCUT2D eigenvalue weighted by molar-refractivity contribution is -0.120. The molecule has 5 heteroatoms. The van der Waals surface area contributed by atoms with Crippen LogP contribution in [0, 0.1) is 5.82 Å². The summed E-state index contributed by atoms with van der Waals surface area (Å²) in [7, 11) is 1.62. The molecule has 0 aliphatic carbocycles. The van der Waals surface area contributed by atoms with Crippen molar-refractivity contribution in [3.63, 3.8) is 0 Å². The topological polar surface area (TPSA) is 38.3 Å². The van der Waals surface area contributed by atoms with E-state index in [2.05, 4.69) is 5.32 Å². The van der Waals surface area contributed by atoms with Crippen LogP contribution in [0.5, 0.6) is 5.75 Å². The van der Waals surface area contributed by atoms with Crippen molar-refractivity contribution in [3.8, 4) is 5.75 Å². The lowest BCUT2D eigenvalue weighted by Crippen LogP contribution is -2.30. The molecule has 0 aliphatic heterocycles. The Morgan fingerprint density at radius 3 is 2.41 bits per heavy atom. The second-order valence-electron chi connectivity index (χ2n) is 4.78. The second kappa shape index (κ2) is 7.84. The molecule has 2 rings (SSSR count). The van der Waals surface area contributed by atoms with Gasteiger partial charge in [-0.15, -0.1) is 11.8 Å². The molecule has 1 amide bonds. The summed E-state index contributed by atoms with van der Waals surface area (Å²) in [6.45, 7) is 2.25. The Labute approximate surface area is 133 Å². The van der Waals surface area contributed by atoms with Gasteiger partial charge in [0.25, 0.3) is 0 Å². The van der Waals surface area contributed by atoms with Gasteiger partial charge in [0, 0.05) is 11.4 Å². The van der Waals surface area contributed by atoms with Crippen LogP contribution in [0.2, 0.25) is 0 Å². The highest BCUT2D eigenvalue weighted by atomic mass is 32.2. The van der Waals surface area contributed by atoms with E-state index in [9.17, 15) is 9.18 Å². The summed E-state index contributed by atoms with van der Waals surface area (Å²) in [6, 6.07) is 13.7. The first-order valence-corrected chi connectivity index (χ1v) is 7.79. The molecule has 0 bridgehead atoms. The van der Waals surface area contributed by atoms with Gasteiger partial charge in [0.1, 0.15) is 11.6 Å². The summed E-state index contributed by atoms with van der Waals surface area (Å²) in [4.78, 5) is 13.1. The molecule has 2 aromatic rings. The predicted molar refractivity (Wildman–Crippen MR) is 86.6 cm³/mol. The van der Waals surface area contributed by atoms with Gasteiger partial charge in [-0.2, -0.15) is 0 Å². The quantitative estimate of drug-likeness (QED) is 0.826. The fourth-order valence-electron chi connectivity index (χ4n) is 1.85. The van der Waals surface area contributed by atoms with Gasteiger partial charge in [0.15, 0.2) is 0 Å². The van der Waals surface area contributed by atoms with Crippen LogP contribution in [-0.2, 0) is 11.3 Å². The number of amides is 1. The van der Waals surface area contributed by atoms with Crippen LogP contribution < -0.4 is 10.1 Å². The highest BCUT2D eigenvalue weighted by Crippen LogP contribution is 2.25. The summed E-state index contributed by atoms with van der Waals surface area (Å²) in [5.74, 6) is 0.460. The number of rotatable bonds is 6. The molecule has 0 saturated carbocycles. The van der Waals surface area contributed by atoms with Gasteiger partial charge in [-0.1, -0.05) is 12.1 Å². The lowest BCUT2D eigenvalue weighted by atomic mass is 10.2. The number of benzene rings is 2. The molecule has 0 aliphatic rings. The Hall–Kier alpha value is -2.01. The molecule has 0 spiro atoms. The maximum absolute atomic E-state index is 12.8. The highest BCUT2D eigenvalue weighted by molar-refractivity contribution is 8.00. The zero-order chi connectivity index (χ0) is 15.9. The van der Waals surface area contributed by atoms with Gasteiger partial charge in [-0.3, -0.25) is 4.79 Å². The van der Waals surface area contributed by atoms with Crippen molar-refractivity contribution >= 4 is 17.7 Å². The van der Waals surface area contributed by atoms with Crippen LogP contribution in [-0.4, -0.2) is 18.3 Å². The summed E-state index contributed by atoms with van der Waals surface area (Å²) < 4.78 is 17.9. The van der Waals surface area contributed by atoms with Gasteiger partial charge in [-0.05, 0) is 48.9 Å². The predicted octanol–water partition coefficient (Wildman–Crippen LogP) is 3.63. The lowest BCUT2D eigenvalue weighted by Gasteiger charge is -2.12. The van der Waals surface area contributed by atoms with E-state index in [0.29, 0.717) is 6.54 Å². The Bertz CT molecular complexity index is 614. The average Bonchev–Trinajstić information content (AvgIpc) is 2.54. The second-order valence-corrected chi connectivity index (χ2v) is 6.19. The van der Waals surface area contributed by atoms with Crippen molar-refractivity contribution in [2.75, 3.05) is 7.11 Å². The number of carbonyl (C=O) groups is 1. The third kappa shape index (κ3) is 4.77. The van der Waals surface area contributed by atoms with E-state index in [-0.39, 0.29) is 17.0 Å². The molecule has 0 fully saturated rings. The maximum Gasteiger partial charge on any atom is 0.233 e. The first-order chi connectivity index (χ1) is 10.6. The minimum absolute atomic E-state index is 0.0508. The standard InChI is InChI=1S/C17H18FNO2S/c1-12(22-16-9-7-15(21-2)8-10-16)17(20)19-11-13-3-5-14(18)6-4-13/h3-10,12H,11H2,1-2H3,(H,19,20). The van der Waals surface area contributed by atoms with Crippen molar-refractivity contribution in [1.82, 2.24) is 5.32 Å². The molecular formula is C17H18FNO2S. The minimum atomic E-state index is -0.279. The number of nitrogens with one attached hydrogen (secondary N) is 1. The molecule has 0 radical (unpaired) electrons. The Kier molecular flexibility index (Phi) is 5.83. The van der Waals surface area contributed by atoms with E-state index in [1.54, 1.807) is 19.2 Å². The van der Waals surface area contributed by atoms with Crippen LogP contribution in [0.15, 0.2) is 53.4 Å². The molecule has 3 nitrogen and oxygen atoms in total. The number of ether oxygens (including phenoxy) is 1. The Balaban J connectivity index is 1.84. The number of hydrogen-bond donors (Lipinski definition) is 1. The normalized spacial score (nSPS) is 11.8. The number of methoxy groups -OCH3 is 1. The largest absolute Gasteiger partial charge is 0.497 e. The summed E-state index contributed by atoms with van der Waals surface area (Å²) in [5, 5.41) is 2.64. The smallest absolute Gasteiger partial charge is 0.233 e. The molecule has 116 valence electrons. The summed E-state index contributed by atoms with van der Waals surface area (Å²) in [5.41, 5.74) is 0.872. The van der Waals surface area contributed by atoms with Gasteiger partial charge < -0.3 is 10.1 Å². The van der Waals surface area contributed by atoms with Gasteiger partial charge >= 0.3 is 0 Å². The third-order valence-electron chi connectivity index (χ3n) is 3.12. The van der Waals surface area contributed by atoms with E-state index in [4.69, 9.17) is 4.74 Å². The zero-order valence-electron chi connectivity index (χ0n) is 12.5. The number of carbonyl (C=O) groups excluding carboxylic acids is 1. The van der Waals surface area contributed by atoms with E-state index >= 15 is 0 Å². The van der Waals surface area contributed by atoms with Gasteiger partial charge in [0.05, 0.1) is 12.4 Å². The van der Waals surface area contributed by atoms with Crippen LogP contribution in [0.1, 0.15) is 12.5 Å². The molecule has 2 aromatic carbocycles. The summed E-state index contributed by atoms with van der Waals surface area (Å²) >= 11 is 1.48. The first kappa shape index (κ1) is 16.4. The average molecular weight is 319 g/mol. The molecule has 0 saturated heterocycles. The third-order valence-corrected chi connectivity index (χ3v) is 4.23. The molecule has 0 aromatic heterocycles. The Morgan fingerprint density at radius 2 is 1.82 bits per heavy atom. The SMILES string of the molecule is COc1ccc(SC(C)C(=O)NCc2ccc(F)cc2)cc1. The van der Waals surface area contributed by atoms with E-state index < -0.39 is 0 Å². The molecule has 1 unspecified atom stereocenters. The molecular weight excluding hydrogens is 301 g/mol. The van der Waals surface area contributed by atoms with Crippen LogP contribution in [0.4, 0.5) is 4.39 Å². The monoisotopic (exact) mass is 319 g/mol. The van der Waals surface area contributed by atoms with Crippen LogP contribution in [0.25, 0.3) is 0 Å². The highest BCUT2D eigenvalue weighted by Gasteiger charge is 2.14. The van der Waals surface area contributed by atoms with Crippen molar-refractivity contribution in [2.45, 2.75) is 23.6 Å². The molecule has 1 atom stereocenters. The minimum Gasteiger partial charge on any atom is -0.497 e. The first-order valence-electron chi connectivity index (χ1n) is 6.91. The van der Waals surface area contributed by atoms with E-state index in [1.165, 1.54) is 23.9 Å². The van der Waals surface area contributed by atoms with Gasteiger partial charge in [0.2, 0.25) is 5.91 Å². The van der Waals surface area contributed by atoms with E-state index in [0.717, 1.165) is 16.2 Å². The van der Waals surface area contributed by atoms with E-state index in [1.807, 2.05) is 31.2 Å². The van der Waals surface area contributed by atoms with Crippen molar-refractivity contribution in [1.29, 1.82) is 0 Å². The number of thioether (sulfide) groups is 1. The van der Waals surface area contributed by atoms with Crippen LogP contribution >= 0.6 is 11.8 Å². The van der Waals surface area contributed by atoms with Crippen molar-refractivity contribution < 1.29 is 13.9 Å².